The molecule has 100 valence electrons. The van der Waals surface area contributed by atoms with Crippen LogP contribution in [-0.2, 0) is 11.3 Å². The highest BCUT2D eigenvalue weighted by atomic mass is 16.3. The van der Waals surface area contributed by atoms with Gasteiger partial charge in [0, 0.05) is 20.6 Å². The van der Waals surface area contributed by atoms with E-state index in [1.54, 1.807) is 31.1 Å². The molecular formula is C13H21N3O2. The molecule has 0 radical (unpaired) electrons. The number of carbonyl (C=O) groups excluding carboxylic acids is 1. The molecule has 1 heterocycles. The average Bonchev–Trinajstić information content (AvgIpc) is 2.32. The number of aromatic hydroxyl groups is 1. The molecule has 0 fully saturated rings. The second-order valence-electron chi connectivity index (χ2n) is 4.51. The Labute approximate surface area is 108 Å². The van der Waals surface area contributed by atoms with E-state index in [2.05, 4.69) is 16.8 Å². The first-order chi connectivity index (χ1) is 8.52. The Kier molecular flexibility index (Phi) is 5.58. The van der Waals surface area contributed by atoms with Crippen molar-refractivity contribution < 1.29 is 9.90 Å². The van der Waals surface area contributed by atoms with E-state index in [1.807, 2.05) is 0 Å². The van der Waals surface area contributed by atoms with Gasteiger partial charge in [0.2, 0.25) is 5.91 Å². The van der Waals surface area contributed by atoms with Crippen LogP contribution in [0.4, 0.5) is 0 Å². The monoisotopic (exact) mass is 251 g/mol. The molecule has 0 spiro atoms. The Balaban J connectivity index is 2.62. The number of likely N-dealkylation sites (N-methyl/N-ethyl adjacent to an activating group) is 1. The Morgan fingerprint density at radius 2 is 2.11 bits per heavy atom. The maximum absolute atomic E-state index is 11.7. The molecule has 0 aliphatic heterocycles. The molecule has 0 aliphatic carbocycles. The number of nitrogens with zero attached hydrogens (tertiary/aromatic N) is 3. The molecule has 1 amide bonds. The third-order valence-electron chi connectivity index (χ3n) is 2.59. The minimum absolute atomic E-state index is 0.0854. The predicted molar refractivity (Wildman–Crippen MR) is 70.2 cm³/mol. The summed E-state index contributed by atoms with van der Waals surface area (Å²) in [6.45, 7) is 3.94. The molecule has 5 heteroatoms. The molecular weight excluding hydrogens is 230 g/mol. The van der Waals surface area contributed by atoms with Gasteiger partial charge in [0.25, 0.3) is 0 Å². The maximum atomic E-state index is 11.7. The largest absolute Gasteiger partial charge is 0.506 e. The molecule has 1 aromatic heterocycles. The fourth-order valence-electron chi connectivity index (χ4n) is 1.60. The molecule has 0 bridgehead atoms. The number of amides is 1. The Hall–Kier alpha value is -1.62. The number of pyridine rings is 1. The van der Waals surface area contributed by atoms with E-state index in [9.17, 15) is 9.90 Å². The van der Waals surface area contributed by atoms with Crippen molar-refractivity contribution in [1.29, 1.82) is 0 Å². The number of rotatable bonds is 6. The van der Waals surface area contributed by atoms with Crippen molar-refractivity contribution in [1.82, 2.24) is 14.8 Å². The summed E-state index contributed by atoms with van der Waals surface area (Å²) in [6, 6.07) is 3.39. The third-order valence-corrected chi connectivity index (χ3v) is 2.59. The summed E-state index contributed by atoms with van der Waals surface area (Å²) in [5.74, 6) is 0.243. The second-order valence-corrected chi connectivity index (χ2v) is 4.51. The molecule has 0 unspecified atom stereocenters. The Morgan fingerprint density at radius 1 is 1.39 bits per heavy atom. The minimum Gasteiger partial charge on any atom is -0.506 e. The molecule has 1 aromatic rings. The topological polar surface area (TPSA) is 56.7 Å². The average molecular weight is 251 g/mol. The van der Waals surface area contributed by atoms with Crippen LogP contribution in [0.2, 0.25) is 0 Å². The normalized spacial score (nSPS) is 10.7. The summed E-state index contributed by atoms with van der Waals surface area (Å²) in [7, 11) is 3.51. The van der Waals surface area contributed by atoms with Gasteiger partial charge in [-0.15, -0.1) is 0 Å². The van der Waals surface area contributed by atoms with Crippen LogP contribution < -0.4 is 0 Å². The fourth-order valence-corrected chi connectivity index (χ4v) is 1.60. The highest BCUT2D eigenvalue weighted by Crippen LogP contribution is 2.08. The van der Waals surface area contributed by atoms with Crippen LogP contribution in [0, 0.1) is 0 Å². The molecule has 5 nitrogen and oxygen atoms in total. The van der Waals surface area contributed by atoms with Crippen molar-refractivity contribution in [3.63, 3.8) is 0 Å². The van der Waals surface area contributed by atoms with Gasteiger partial charge in [-0.25, -0.2) is 0 Å². The van der Waals surface area contributed by atoms with Crippen molar-refractivity contribution in [3.05, 3.63) is 24.0 Å². The van der Waals surface area contributed by atoms with Gasteiger partial charge in [-0.2, -0.15) is 0 Å². The lowest BCUT2D eigenvalue weighted by atomic mass is 10.3. The lowest BCUT2D eigenvalue weighted by Crippen LogP contribution is -2.36. The van der Waals surface area contributed by atoms with Gasteiger partial charge in [0.15, 0.2) is 0 Å². The standard InChI is InChI=1S/C13H21N3O2/c1-4-7-16(10-13(18)15(2)3)9-11-5-6-12(17)8-14-11/h5-6,8,17H,4,7,9-10H2,1-3H3. The lowest BCUT2D eigenvalue weighted by Gasteiger charge is -2.22. The zero-order valence-electron chi connectivity index (χ0n) is 11.3. The van der Waals surface area contributed by atoms with Crippen LogP contribution in [0.3, 0.4) is 0 Å². The van der Waals surface area contributed by atoms with Crippen LogP contribution in [0.1, 0.15) is 19.0 Å². The van der Waals surface area contributed by atoms with Crippen LogP contribution in [0.5, 0.6) is 5.75 Å². The molecule has 0 aromatic carbocycles. The zero-order chi connectivity index (χ0) is 13.5. The first-order valence-electron chi connectivity index (χ1n) is 6.09. The van der Waals surface area contributed by atoms with E-state index in [0.717, 1.165) is 18.7 Å². The molecule has 1 rings (SSSR count). The van der Waals surface area contributed by atoms with E-state index in [0.29, 0.717) is 13.1 Å². The number of hydrogen-bond donors (Lipinski definition) is 1. The summed E-state index contributed by atoms with van der Waals surface area (Å²) < 4.78 is 0. The molecule has 0 atom stereocenters. The summed E-state index contributed by atoms with van der Waals surface area (Å²) in [6.07, 6.45) is 2.41. The van der Waals surface area contributed by atoms with Crippen molar-refractivity contribution in [2.75, 3.05) is 27.2 Å². The van der Waals surface area contributed by atoms with Crippen LogP contribution in [-0.4, -0.2) is 53.0 Å². The number of hydrogen-bond acceptors (Lipinski definition) is 4. The summed E-state index contributed by atoms with van der Waals surface area (Å²) in [5, 5.41) is 9.18. The molecule has 1 N–H and O–H groups in total. The zero-order valence-corrected chi connectivity index (χ0v) is 11.3. The van der Waals surface area contributed by atoms with Crippen LogP contribution in [0.15, 0.2) is 18.3 Å². The summed E-state index contributed by atoms with van der Waals surface area (Å²) in [5.41, 5.74) is 0.854. The Bertz CT molecular complexity index is 376. The fraction of sp³-hybridized carbons (Fsp3) is 0.538. The lowest BCUT2D eigenvalue weighted by molar-refractivity contribution is -0.130. The van der Waals surface area contributed by atoms with Crippen molar-refractivity contribution in [3.8, 4) is 5.75 Å². The SMILES string of the molecule is CCCN(CC(=O)N(C)C)Cc1ccc(O)cn1. The number of carbonyl (C=O) groups is 1. The van der Waals surface area contributed by atoms with Crippen molar-refractivity contribution in [2.24, 2.45) is 0 Å². The Morgan fingerprint density at radius 3 is 2.61 bits per heavy atom. The smallest absolute Gasteiger partial charge is 0.236 e. The first kappa shape index (κ1) is 14.4. The van der Waals surface area contributed by atoms with Crippen molar-refractivity contribution >= 4 is 5.91 Å². The van der Waals surface area contributed by atoms with Gasteiger partial charge in [-0.05, 0) is 25.1 Å². The number of aromatic nitrogens is 1. The molecule has 0 saturated heterocycles. The van der Waals surface area contributed by atoms with E-state index in [-0.39, 0.29) is 11.7 Å². The highest BCUT2D eigenvalue weighted by Gasteiger charge is 2.12. The molecule has 18 heavy (non-hydrogen) atoms. The molecule has 0 aliphatic rings. The van der Waals surface area contributed by atoms with E-state index >= 15 is 0 Å². The minimum atomic E-state index is 0.0854. The van der Waals surface area contributed by atoms with E-state index < -0.39 is 0 Å². The molecule has 0 saturated carbocycles. The third kappa shape index (κ3) is 4.71. The quantitative estimate of drug-likeness (QED) is 0.822. The van der Waals surface area contributed by atoms with E-state index in [1.165, 1.54) is 6.20 Å². The van der Waals surface area contributed by atoms with Crippen LogP contribution >= 0.6 is 0 Å². The van der Waals surface area contributed by atoms with Gasteiger partial charge >= 0.3 is 0 Å². The van der Waals surface area contributed by atoms with Crippen molar-refractivity contribution in [2.45, 2.75) is 19.9 Å². The highest BCUT2D eigenvalue weighted by molar-refractivity contribution is 5.77. The summed E-state index contributed by atoms with van der Waals surface area (Å²) >= 11 is 0. The summed E-state index contributed by atoms with van der Waals surface area (Å²) in [4.78, 5) is 19.5. The van der Waals surface area contributed by atoms with Crippen LogP contribution in [0.25, 0.3) is 0 Å². The van der Waals surface area contributed by atoms with Gasteiger partial charge in [0.05, 0.1) is 18.4 Å². The van der Waals surface area contributed by atoms with E-state index in [4.69, 9.17) is 0 Å². The van der Waals surface area contributed by atoms with Gasteiger partial charge in [-0.1, -0.05) is 6.92 Å². The van der Waals surface area contributed by atoms with Gasteiger partial charge in [0.1, 0.15) is 5.75 Å². The second kappa shape index (κ2) is 6.96. The maximum Gasteiger partial charge on any atom is 0.236 e. The van der Waals surface area contributed by atoms with Gasteiger partial charge in [-0.3, -0.25) is 14.7 Å². The predicted octanol–water partition coefficient (Wildman–Crippen LogP) is 1.09. The first-order valence-corrected chi connectivity index (χ1v) is 6.09. The van der Waals surface area contributed by atoms with Gasteiger partial charge < -0.3 is 10.0 Å².